The molecule has 0 spiro atoms. The van der Waals surface area contributed by atoms with Crippen molar-refractivity contribution in [1.82, 2.24) is 9.97 Å². The first-order valence-corrected chi connectivity index (χ1v) is 10.3. The summed E-state index contributed by atoms with van der Waals surface area (Å²) in [5.41, 5.74) is 17.4. The van der Waals surface area contributed by atoms with Crippen molar-refractivity contribution in [3.8, 4) is 5.75 Å². The summed E-state index contributed by atoms with van der Waals surface area (Å²) in [5.74, 6) is -2.35. The number of nitrogen functional groups attached to an aromatic ring is 3. The Bertz CT molecular complexity index is 1080. The number of benzene rings is 2. The van der Waals surface area contributed by atoms with Gasteiger partial charge in [0.1, 0.15) is 11.6 Å². The molecule has 1 atom stereocenters. The maximum Gasteiger partial charge on any atom is 0.246 e. The molecule has 7 nitrogen and oxygen atoms in total. The van der Waals surface area contributed by atoms with Gasteiger partial charge in [-0.15, -0.1) is 11.8 Å². The lowest BCUT2D eigenvalue weighted by Gasteiger charge is -2.30. The molecule has 0 fully saturated rings. The smallest absolute Gasteiger partial charge is 0.246 e. The SMILES string of the molecule is COc1ccc(N)c(N(c2ccc3c(N)nc(N)nc3c2)C(F)SCCC(C)(F)F)c1. The van der Waals surface area contributed by atoms with Crippen LogP contribution in [0.5, 0.6) is 5.75 Å². The predicted octanol–water partition coefficient (Wildman–Crippen LogP) is 4.55. The van der Waals surface area contributed by atoms with Gasteiger partial charge in [-0.2, -0.15) is 4.98 Å². The zero-order valence-electron chi connectivity index (χ0n) is 17.0. The van der Waals surface area contributed by atoms with Gasteiger partial charge in [0.15, 0.2) is 0 Å². The molecule has 1 unspecified atom stereocenters. The van der Waals surface area contributed by atoms with E-state index in [2.05, 4.69) is 9.97 Å². The summed E-state index contributed by atoms with van der Waals surface area (Å²) >= 11 is 0.736. The number of hydrogen-bond donors (Lipinski definition) is 3. The van der Waals surface area contributed by atoms with Gasteiger partial charge in [0.25, 0.3) is 0 Å². The number of fused-ring (bicyclic) bond motifs is 1. The van der Waals surface area contributed by atoms with E-state index in [0.717, 1.165) is 18.7 Å². The average molecular weight is 453 g/mol. The molecule has 6 N–H and O–H groups in total. The van der Waals surface area contributed by atoms with Crippen LogP contribution in [0.4, 0.5) is 42.0 Å². The highest BCUT2D eigenvalue weighted by Gasteiger charge is 2.26. The summed E-state index contributed by atoms with van der Waals surface area (Å²) in [6.07, 6.45) is -0.461. The van der Waals surface area contributed by atoms with Crippen LogP contribution < -0.4 is 26.8 Å². The number of alkyl halides is 3. The van der Waals surface area contributed by atoms with Crippen molar-refractivity contribution in [2.45, 2.75) is 24.9 Å². The first-order chi connectivity index (χ1) is 14.6. The van der Waals surface area contributed by atoms with E-state index in [4.69, 9.17) is 21.9 Å². The minimum absolute atomic E-state index is 0.0223. The number of hydrogen-bond acceptors (Lipinski definition) is 8. The Hall–Kier alpha value is -3.08. The monoisotopic (exact) mass is 452 g/mol. The highest BCUT2D eigenvalue weighted by atomic mass is 32.2. The van der Waals surface area contributed by atoms with Crippen LogP contribution in [0.25, 0.3) is 10.9 Å². The molecule has 0 saturated heterocycles. The molecule has 0 radical (unpaired) electrons. The summed E-state index contributed by atoms with van der Waals surface area (Å²) in [4.78, 5) is 9.37. The fraction of sp³-hybridized carbons (Fsp3) is 0.300. The van der Waals surface area contributed by atoms with Gasteiger partial charge >= 0.3 is 0 Å². The van der Waals surface area contributed by atoms with Crippen molar-refractivity contribution in [2.75, 3.05) is 35.0 Å². The Morgan fingerprint density at radius 3 is 2.55 bits per heavy atom. The van der Waals surface area contributed by atoms with Gasteiger partial charge in [0, 0.05) is 29.3 Å². The third-order valence-electron chi connectivity index (χ3n) is 4.50. The second kappa shape index (κ2) is 8.96. The van der Waals surface area contributed by atoms with E-state index in [9.17, 15) is 8.78 Å². The molecule has 11 heteroatoms. The van der Waals surface area contributed by atoms with E-state index in [0.29, 0.717) is 28.0 Å². The number of thioether (sulfide) groups is 1. The molecule has 0 saturated carbocycles. The van der Waals surface area contributed by atoms with Crippen LogP contribution in [0, 0.1) is 0 Å². The molecule has 166 valence electrons. The molecular weight excluding hydrogens is 429 g/mol. The minimum atomic E-state index is -2.89. The summed E-state index contributed by atoms with van der Waals surface area (Å²) in [7, 11) is 1.48. The van der Waals surface area contributed by atoms with E-state index in [1.54, 1.807) is 36.4 Å². The highest BCUT2D eigenvalue weighted by molar-refractivity contribution is 7.99. The van der Waals surface area contributed by atoms with Gasteiger partial charge in [0.05, 0.1) is 24.0 Å². The van der Waals surface area contributed by atoms with Crippen LogP contribution in [-0.2, 0) is 0 Å². The quantitative estimate of drug-likeness (QED) is 0.259. The molecule has 0 aliphatic rings. The second-order valence-corrected chi connectivity index (χ2v) is 8.08. The number of rotatable bonds is 8. The zero-order valence-corrected chi connectivity index (χ0v) is 17.8. The number of anilines is 5. The minimum Gasteiger partial charge on any atom is -0.497 e. The zero-order chi connectivity index (χ0) is 22.8. The number of ether oxygens (including phenoxy) is 1. The standard InChI is InChI=1S/C20H23F3N6OS/c1-20(22,23)7-8-31-18(21)29(16-10-12(30-2)4-6-14(16)24)11-3-5-13-15(9-11)27-19(26)28-17(13)25/h3-6,9-10,18H,7-8,24H2,1-2H3,(H4,25,26,27,28). The van der Waals surface area contributed by atoms with Crippen LogP contribution in [0.1, 0.15) is 13.3 Å². The number of nitrogens with two attached hydrogens (primary N) is 3. The lowest BCUT2D eigenvalue weighted by atomic mass is 10.1. The number of aromatic nitrogens is 2. The number of halogens is 3. The average Bonchev–Trinajstić information content (AvgIpc) is 2.68. The summed E-state index contributed by atoms with van der Waals surface area (Å²) in [6.45, 7) is 0.802. The van der Waals surface area contributed by atoms with Gasteiger partial charge in [-0.05, 0) is 37.3 Å². The Morgan fingerprint density at radius 1 is 1.13 bits per heavy atom. The molecule has 0 bridgehead atoms. The molecule has 0 aliphatic carbocycles. The molecule has 0 aliphatic heterocycles. The van der Waals surface area contributed by atoms with Gasteiger partial charge in [-0.3, -0.25) is 0 Å². The summed E-state index contributed by atoms with van der Waals surface area (Å²) in [6, 6.07) is 9.65. The Morgan fingerprint density at radius 2 is 1.87 bits per heavy atom. The van der Waals surface area contributed by atoms with Crippen molar-refractivity contribution in [3.05, 3.63) is 36.4 Å². The third kappa shape index (κ3) is 5.35. The van der Waals surface area contributed by atoms with Crippen molar-refractivity contribution < 1.29 is 17.9 Å². The normalized spacial score (nSPS) is 12.7. The van der Waals surface area contributed by atoms with Crippen molar-refractivity contribution in [2.24, 2.45) is 0 Å². The highest BCUT2D eigenvalue weighted by Crippen LogP contribution is 2.40. The molecule has 3 rings (SSSR count). The number of methoxy groups -OCH3 is 1. The largest absolute Gasteiger partial charge is 0.497 e. The number of nitrogens with zero attached hydrogens (tertiary/aromatic N) is 3. The van der Waals surface area contributed by atoms with Crippen LogP contribution >= 0.6 is 11.8 Å². The maximum absolute atomic E-state index is 15.5. The van der Waals surface area contributed by atoms with Crippen molar-refractivity contribution in [1.29, 1.82) is 0 Å². The Balaban J connectivity index is 2.06. The topological polar surface area (TPSA) is 116 Å². The van der Waals surface area contributed by atoms with Gasteiger partial charge in [0.2, 0.25) is 17.5 Å². The lowest BCUT2D eigenvalue weighted by molar-refractivity contribution is 0.0193. The van der Waals surface area contributed by atoms with Crippen molar-refractivity contribution >= 4 is 51.5 Å². The van der Waals surface area contributed by atoms with Crippen LogP contribution in [0.2, 0.25) is 0 Å². The molecule has 0 amide bonds. The first kappa shape index (κ1) is 22.6. The molecule has 1 heterocycles. The molecular formula is C20H23F3N6OS. The summed E-state index contributed by atoms with van der Waals surface area (Å²) < 4.78 is 47.1. The fourth-order valence-electron chi connectivity index (χ4n) is 2.95. The van der Waals surface area contributed by atoms with Crippen LogP contribution in [0.15, 0.2) is 36.4 Å². The van der Waals surface area contributed by atoms with E-state index in [1.165, 1.54) is 12.0 Å². The van der Waals surface area contributed by atoms with Crippen LogP contribution in [0.3, 0.4) is 0 Å². The molecule has 3 aromatic rings. The maximum atomic E-state index is 15.5. The van der Waals surface area contributed by atoms with Gasteiger partial charge in [-0.1, -0.05) is 0 Å². The Kier molecular flexibility index (Phi) is 6.54. The molecule has 2 aromatic carbocycles. The predicted molar refractivity (Wildman–Crippen MR) is 121 cm³/mol. The van der Waals surface area contributed by atoms with Crippen molar-refractivity contribution in [3.63, 3.8) is 0 Å². The fourth-order valence-corrected chi connectivity index (χ4v) is 4.00. The van der Waals surface area contributed by atoms with Gasteiger partial charge < -0.3 is 26.8 Å². The first-order valence-electron chi connectivity index (χ1n) is 9.28. The third-order valence-corrected chi connectivity index (χ3v) is 5.43. The second-order valence-electron chi connectivity index (χ2n) is 6.95. The van der Waals surface area contributed by atoms with E-state index >= 15 is 4.39 Å². The van der Waals surface area contributed by atoms with Crippen LogP contribution in [-0.4, -0.2) is 34.4 Å². The van der Waals surface area contributed by atoms with E-state index in [1.807, 2.05) is 0 Å². The molecule has 1 aromatic heterocycles. The van der Waals surface area contributed by atoms with E-state index in [-0.39, 0.29) is 23.2 Å². The lowest BCUT2D eigenvalue weighted by Crippen LogP contribution is -2.26. The van der Waals surface area contributed by atoms with E-state index < -0.39 is 18.0 Å². The van der Waals surface area contributed by atoms with Gasteiger partial charge in [-0.25, -0.2) is 18.2 Å². The Labute approximate surface area is 181 Å². The molecule has 31 heavy (non-hydrogen) atoms. The summed E-state index contributed by atoms with van der Waals surface area (Å²) in [5, 5.41) is 0.546.